The van der Waals surface area contributed by atoms with Gasteiger partial charge in [-0.2, -0.15) is 0 Å². The molecule has 2 aliphatic rings. The molecule has 3 amide bonds. The fourth-order valence-corrected chi connectivity index (χ4v) is 6.53. The number of alkyl carbamates (subject to hydrolysis) is 1. The van der Waals surface area contributed by atoms with Gasteiger partial charge < -0.3 is 29.4 Å². The Bertz CT molecular complexity index is 1860. The number of aromatic nitrogens is 5. The maximum absolute atomic E-state index is 15.5. The Kier molecular flexibility index (Phi) is 11.5. The summed E-state index contributed by atoms with van der Waals surface area (Å²) in [5.41, 5.74) is 3.77. The minimum atomic E-state index is -0.717. The number of rotatable bonds is 14. The number of aromatic amines is 1. The molecule has 0 radical (unpaired) electrons. The van der Waals surface area contributed by atoms with Crippen molar-refractivity contribution in [3.63, 3.8) is 0 Å². The Morgan fingerprint density at radius 2 is 1.94 bits per heavy atom. The van der Waals surface area contributed by atoms with Crippen LogP contribution in [0.4, 0.5) is 19.7 Å². The van der Waals surface area contributed by atoms with Gasteiger partial charge in [-0.3, -0.25) is 9.69 Å². The lowest BCUT2D eigenvalue weighted by atomic mass is 10.0. The standard InChI is InChI=1S/C37H45FN8O6/c1-5-6-16-51-22-26-19-44(43-42-26)20-28-21-46(37(49)52-28)27-13-14-29(30(38)17-27)24-9-11-25(12-10-24)31-18-39-34(40-31)32-8-7-15-45(32)35(47)33(23(2)3)41-36(48)50-4/h9-14,17-19,23,28,32-33H,5-8,15-16,20-22H2,1-4H3,(H,39,40)(H,41,48)/t28-,32-,33-/m0/s1. The molecule has 6 rings (SSSR count). The van der Waals surface area contributed by atoms with E-state index in [2.05, 4.69) is 32.5 Å². The van der Waals surface area contributed by atoms with Crippen molar-refractivity contribution >= 4 is 23.8 Å². The number of hydrogen-bond acceptors (Lipinski definition) is 9. The lowest BCUT2D eigenvalue weighted by molar-refractivity contribution is -0.135. The van der Waals surface area contributed by atoms with E-state index in [0.717, 1.165) is 36.9 Å². The summed E-state index contributed by atoms with van der Waals surface area (Å²) in [5.74, 6) is -0.117. The number of nitrogens with one attached hydrogen (secondary N) is 2. The number of nitrogens with zero attached hydrogens (tertiary/aromatic N) is 6. The van der Waals surface area contributed by atoms with E-state index >= 15 is 4.39 Å². The van der Waals surface area contributed by atoms with Crippen molar-refractivity contribution in [1.29, 1.82) is 0 Å². The predicted octanol–water partition coefficient (Wildman–Crippen LogP) is 5.86. The van der Waals surface area contributed by atoms with E-state index in [1.807, 2.05) is 38.1 Å². The summed E-state index contributed by atoms with van der Waals surface area (Å²) in [6.45, 7) is 8.01. The van der Waals surface area contributed by atoms with Crippen LogP contribution in [0.5, 0.6) is 0 Å². The molecule has 2 fully saturated rings. The van der Waals surface area contributed by atoms with E-state index < -0.39 is 30.1 Å². The molecule has 0 aliphatic carbocycles. The first-order valence-corrected chi connectivity index (χ1v) is 17.7. The largest absolute Gasteiger partial charge is 0.453 e. The normalized spacial score (nSPS) is 17.8. The molecule has 4 aromatic rings. The molecule has 2 aromatic heterocycles. The number of methoxy groups -OCH3 is 1. The van der Waals surface area contributed by atoms with Gasteiger partial charge in [-0.25, -0.2) is 23.6 Å². The average molecular weight is 717 g/mol. The lowest BCUT2D eigenvalue weighted by Crippen LogP contribution is -2.51. The van der Waals surface area contributed by atoms with Gasteiger partial charge in [0.1, 0.15) is 29.5 Å². The van der Waals surface area contributed by atoms with Crippen molar-refractivity contribution < 1.29 is 33.0 Å². The van der Waals surface area contributed by atoms with Gasteiger partial charge >= 0.3 is 12.2 Å². The number of unbranched alkanes of at least 4 members (excludes halogenated alkanes) is 1. The Labute approximate surface area is 301 Å². The van der Waals surface area contributed by atoms with Crippen LogP contribution in [0.2, 0.25) is 0 Å². The summed E-state index contributed by atoms with van der Waals surface area (Å²) in [7, 11) is 1.27. The third-order valence-corrected chi connectivity index (χ3v) is 9.35. The highest BCUT2D eigenvalue weighted by Gasteiger charge is 2.38. The summed E-state index contributed by atoms with van der Waals surface area (Å²) in [5, 5.41) is 10.9. The van der Waals surface area contributed by atoms with Crippen molar-refractivity contribution in [2.45, 2.75) is 77.8 Å². The molecule has 15 heteroatoms. The van der Waals surface area contributed by atoms with Gasteiger partial charge in [0.15, 0.2) is 0 Å². The number of hydrogen-bond donors (Lipinski definition) is 2. The summed E-state index contributed by atoms with van der Waals surface area (Å²) in [6.07, 6.45) is 5.41. The molecular weight excluding hydrogens is 671 g/mol. The summed E-state index contributed by atoms with van der Waals surface area (Å²) in [4.78, 5) is 49.3. The van der Waals surface area contributed by atoms with Crippen LogP contribution in [0.1, 0.15) is 64.0 Å². The van der Waals surface area contributed by atoms with Crippen LogP contribution in [0.3, 0.4) is 0 Å². The highest BCUT2D eigenvalue weighted by molar-refractivity contribution is 5.90. The van der Waals surface area contributed by atoms with Crippen LogP contribution in [0.15, 0.2) is 54.9 Å². The van der Waals surface area contributed by atoms with E-state index in [1.54, 1.807) is 34.1 Å². The molecule has 2 aromatic carbocycles. The zero-order valence-electron chi connectivity index (χ0n) is 29.9. The third kappa shape index (κ3) is 8.25. The Balaban J connectivity index is 1.08. The topological polar surface area (TPSA) is 157 Å². The zero-order valence-corrected chi connectivity index (χ0v) is 29.9. The molecule has 2 aliphatic heterocycles. The van der Waals surface area contributed by atoms with Gasteiger partial charge in [0.25, 0.3) is 0 Å². The number of carbonyl (C=O) groups is 3. The van der Waals surface area contributed by atoms with Crippen molar-refractivity contribution in [2.24, 2.45) is 5.92 Å². The van der Waals surface area contributed by atoms with Gasteiger partial charge in [-0.15, -0.1) is 5.10 Å². The highest BCUT2D eigenvalue weighted by Crippen LogP contribution is 2.34. The molecule has 2 N–H and O–H groups in total. The fourth-order valence-electron chi connectivity index (χ4n) is 6.53. The van der Waals surface area contributed by atoms with E-state index in [-0.39, 0.29) is 24.4 Å². The summed E-state index contributed by atoms with van der Waals surface area (Å²) < 4.78 is 33.0. The second-order valence-corrected chi connectivity index (χ2v) is 13.4. The maximum atomic E-state index is 15.5. The molecule has 276 valence electrons. The number of halogens is 1. The third-order valence-electron chi connectivity index (χ3n) is 9.35. The summed E-state index contributed by atoms with van der Waals surface area (Å²) >= 11 is 0. The van der Waals surface area contributed by atoms with Gasteiger partial charge in [0, 0.05) is 18.7 Å². The minimum Gasteiger partial charge on any atom is -0.453 e. The van der Waals surface area contributed by atoms with Crippen molar-refractivity contribution in [1.82, 2.24) is 35.2 Å². The molecule has 14 nitrogen and oxygen atoms in total. The van der Waals surface area contributed by atoms with Crippen LogP contribution in [-0.2, 0) is 32.2 Å². The number of H-pyrrole nitrogens is 1. The van der Waals surface area contributed by atoms with Crippen molar-refractivity contribution in [3.8, 4) is 22.4 Å². The molecule has 52 heavy (non-hydrogen) atoms. The number of anilines is 1. The number of imidazole rings is 1. The van der Waals surface area contributed by atoms with Gasteiger partial charge in [0.2, 0.25) is 5.91 Å². The molecule has 0 bridgehead atoms. The smallest absolute Gasteiger partial charge is 0.414 e. The number of benzene rings is 2. The quantitative estimate of drug-likeness (QED) is 0.153. The number of likely N-dealkylation sites (tertiary alicyclic amines) is 1. The van der Waals surface area contributed by atoms with Crippen LogP contribution in [0.25, 0.3) is 22.4 Å². The Morgan fingerprint density at radius 1 is 1.15 bits per heavy atom. The van der Waals surface area contributed by atoms with Crippen molar-refractivity contribution in [2.75, 3.05) is 31.7 Å². The molecule has 0 saturated carbocycles. The van der Waals surface area contributed by atoms with Crippen LogP contribution in [-0.4, -0.2) is 86.9 Å². The second kappa shape index (κ2) is 16.4. The SMILES string of the molecule is CCCCOCc1cn(C[C@H]2CN(c3ccc(-c4ccc(-c5cnc([C@@H]6CCCN6C(=O)[C@@H](NC(=O)OC)C(C)C)[nH]5)cc4)c(F)c3)C(=O)O2)nn1. The lowest BCUT2D eigenvalue weighted by Gasteiger charge is -2.30. The molecule has 4 heterocycles. The van der Waals surface area contributed by atoms with Crippen LogP contribution in [0, 0.1) is 11.7 Å². The van der Waals surface area contributed by atoms with Crippen LogP contribution >= 0.6 is 0 Å². The molecule has 0 unspecified atom stereocenters. The predicted molar refractivity (Wildman–Crippen MR) is 189 cm³/mol. The molecule has 3 atom stereocenters. The Hall–Kier alpha value is -5.31. The fraction of sp³-hybridized carbons (Fsp3) is 0.459. The molecular formula is C37H45FN8O6. The number of cyclic esters (lactones) is 1. The molecule has 0 spiro atoms. The maximum Gasteiger partial charge on any atom is 0.414 e. The van der Waals surface area contributed by atoms with E-state index in [1.165, 1.54) is 18.1 Å². The van der Waals surface area contributed by atoms with Crippen LogP contribution < -0.4 is 10.2 Å². The number of amides is 3. The van der Waals surface area contributed by atoms with E-state index in [4.69, 9.17) is 14.2 Å². The first-order valence-electron chi connectivity index (χ1n) is 17.7. The van der Waals surface area contributed by atoms with E-state index in [0.29, 0.717) is 54.6 Å². The zero-order chi connectivity index (χ0) is 36.8. The Morgan fingerprint density at radius 3 is 2.67 bits per heavy atom. The monoisotopic (exact) mass is 716 g/mol. The van der Waals surface area contributed by atoms with E-state index in [9.17, 15) is 14.4 Å². The highest BCUT2D eigenvalue weighted by atomic mass is 19.1. The molecule has 2 saturated heterocycles. The minimum absolute atomic E-state index is 0.130. The summed E-state index contributed by atoms with van der Waals surface area (Å²) in [6, 6.07) is 11.1. The first-order chi connectivity index (χ1) is 25.1. The van der Waals surface area contributed by atoms with Gasteiger partial charge in [-0.1, -0.05) is 56.7 Å². The number of carbonyl (C=O) groups excluding carboxylic acids is 3. The van der Waals surface area contributed by atoms with Crippen molar-refractivity contribution in [3.05, 3.63) is 72.2 Å². The van der Waals surface area contributed by atoms with Gasteiger partial charge in [-0.05, 0) is 54.5 Å². The average Bonchev–Trinajstić information content (AvgIpc) is 3.96. The first kappa shape index (κ1) is 36.5. The van der Waals surface area contributed by atoms with Gasteiger partial charge in [0.05, 0.1) is 56.6 Å². The second-order valence-electron chi connectivity index (χ2n) is 13.4. The number of ether oxygens (including phenoxy) is 3.